The van der Waals surface area contributed by atoms with Gasteiger partial charge in [0.15, 0.2) is 0 Å². The average molecular weight is 614 g/mol. The van der Waals surface area contributed by atoms with Crippen molar-refractivity contribution >= 4 is 33.4 Å². The second kappa shape index (κ2) is 15.3. The summed E-state index contributed by atoms with van der Waals surface area (Å²) in [4.78, 5) is 30.4. The zero-order valence-electron chi connectivity index (χ0n) is 24.1. The number of hydrogen-bond donors (Lipinski definition) is 0. The van der Waals surface area contributed by atoms with Crippen molar-refractivity contribution in [2.45, 2.75) is 42.7 Å². The van der Waals surface area contributed by atoms with Crippen molar-refractivity contribution in [2.75, 3.05) is 46.9 Å². The lowest BCUT2D eigenvalue weighted by Crippen LogP contribution is -2.49. The molecule has 1 fully saturated rings. The first kappa shape index (κ1) is 31.7. The van der Waals surface area contributed by atoms with E-state index in [0.717, 1.165) is 36.5 Å². The van der Waals surface area contributed by atoms with E-state index in [4.69, 9.17) is 9.47 Å². The summed E-state index contributed by atoms with van der Waals surface area (Å²) in [6.45, 7) is 2.66. The van der Waals surface area contributed by atoms with Crippen molar-refractivity contribution in [3.05, 3.63) is 88.6 Å². The molecular weight excluding hydrogens is 574 g/mol. The van der Waals surface area contributed by atoms with Gasteiger partial charge in [0.1, 0.15) is 13.2 Å². The van der Waals surface area contributed by atoms with Crippen LogP contribution in [0.1, 0.15) is 35.6 Å². The van der Waals surface area contributed by atoms with E-state index in [0.29, 0.717) is 24.3 Å². The van der Waals surface area contributed by atoms with Crippen LogP contribution in [0.4, 0.5) is 4.79 Å². The Labute approximate surface area is 252 Å². The number of hydrogen-bond acceptors (Lipinski definition) is 8. The predicted molar refractivity (Wildman–Crippen MR) is 163 cm³/mol. The van der Waals surface area contributed by atoms with Crippen LogP contribution in [-0.2, 0) is 30.9 Å². The smallest absolute Gasteiger partial charge is 0.410 e. The van der Waals surface area contributed by atoms with Crippen molar-refractivity contribution in [2.24, 2.45) is 0 Å². The minimum Gasteiger partial charge on any atom is -0.468 e. The van der Waals surface area contributed by atoms with Gasteiger partial charge in [0.2, 0.25) is 10.0 Å². The first-order valence-corrected chi connectivity index (χ1v) is 16.4. The van der Waals surface area contributed by atoms with Crippen LogP contribution in [0.25, 0.3) is 0 Å². The number of piperidine rings is 1. The molecule has 0 radical (unpaired) electrons. The summed E-state index contributed by atoms with van der Waals surface area (Å²) in [5.41, 5.74) is 0.876. The van der Waals surface area contributed by atoms with Gasteiger partial charge < -0.3 is 14.4 Å². The average Bonchev–Trinajstić information content (AvgIpc) is 3.57. The third kappa shape index (κ3) is 8.64. The number of thiophene rings is 1. The second-order valence-electron chi connectivity index (χ2n) is 10.4. The van der Waals surface area contributed by atoms with Crippen LogP contribution < -0.4 is 0 Å². The third-order valence-corrected chi connectivity index (χ3v) is 10.5. The summed E-state index contributed by atoms with van der Waals surface area (Å²) < 4.78 is 38.2. The van der Waals surface area contributed by atoms with Crippen LogP contribution in [0.2, 0.25) is 0 Å². The molecule has 0 bridgehead atoms. The van der Waals surface area contributed by atoms with E-state index < -0.39 is 22.1 Å². The molecule has 1 atom stereocenters. The van der Waals surface area contributed by atoms with Gasteiger partial charge in [-0.25, -0.2) is 17.5 Å². The lowest BCUT2D eigenvalue weighted by atomic mass is 10.00. The van der Waals surface area contributed by atoms with Crippen molar-refractivity contribution in [3.63, 3.8) is 0 Å². The Hall–Kier alpha value is -3.25. The molecule has 0 N–H and O–H groups in total. The van der Waals surface area contributed by atoms with E-state index in [1.807, 2.05) is 41.8 Å². The molecule has 42 heavy (non-hydrogen) atoms. The summed E-state index contributed by atoms with van der Waals surface area (Å²) in [5, 5.41) is 2.02. The van der Waals surface area contributed by atoms with Gasteiger partial charge in [-0.2, -0.15) is 0 Å². The van der Waals surface area contributed by atoms with Gasteiger partial charge in [0, 0.05) is 43.5 Å². The van der Waals surface area contributed by atoms with E-state index in [1.165, 1.54) is 16.3 Å². The molecular formula is C31H39N3O6S2. The zero-order valence-corrected chi connectivity index (χ0v) is 25.8. The van der Waals surface area contributed by atoms with Crippen molar-refractivity contribution in [1.82, 2.24) is 14.1 Å². The van der Waals surface area contributed by atoms with Crippen LogP contribution in [0.3, 0.4) is 0 Å². The summed E-state index contributed by atoms with van der Waals surface area (Å²) in [6.07, 6.45) is 1.67. The van der Waals surface area contributed by atoms with Gasteiger partial charge in [0.05, 0.1) is 12.0 Å². The second-order valence-corrected chi connectivity index (χ2v) is 13.4. The molecule has 1 aliphatic heterocycles. The van der Waals surface area contributed by atoms with E-state index >= 15 is 0 Å². The van der Waals surface area contributed by atoms with E-state index in [1.54, 1.807) is 48.7 Å². The number of esters is 1. The Bertz CT molecular complexity index is 1360. The molecule has 1 amide bonds. The standard InChI is InChI=1S/C31H39N3O6S2/c1-32(42(37,38)28-12-7-4-8-13-28)22-26(29-14-9-21-41-29)15-18-33-19-16-27(17-20-33)34(23-30(35)39-2)31(36)40-24-25-10-5-3-6-11-25/h3-14,21,26-27H,15-20,22-24H2,1-2H3/t26-/m1/s1. The molecule has 0 saturated carbocycles. The van der Waals surface area contributed by atoms with Gasteiger partial charge in [-0.3, -0.25) is 9.69 Å². The fourth-order valence-electron chi connectivity index (χ4n) is 5.17. The fourth-order valence-corrected chi connectivity index (χ4v) is 7.26. The summed E-state index contributed by atoms with van der Waals surface area (Å²) in [6, 6.07) is 21.9. The molecule has 9 nitrogen and oxygen atoms in total. The van der Waals surface area contributed by atoms with Crippen LogP contribution >= 0.6 is 11.3 Å². The number of carbonyl (C=O) groups excluding carboxylic acids is 2. The van der Waals surface area contributed by atoms with E-state index in [2.05, 4.69) is 11.0 Å². The molecule has 11 heteroatoms. The SMILES string of the molecule is COC(=O)CN(C(=O)OCc1ccccc1)C1CCN(CC[C@H](CN(C)S(=O)(=O)c2ccccc2)c2cccs2)CC1. The molecule has 1 saturated heterocycles. The number of likely N-dealkylation sites (tertiary alicyclic amines) is 1. The van der Waals surface area contributed by atoms with Crippen molar-refractivity contribution in [3.8, 4) is 0 Å². The van der Waals surface area contributed by atoms with Crippen molar-refractivity contribution < 1.29 is 27.5 Å². The highest BCUT2D eigenvalue weighted by molar-refractivity contribution is 7.89. The number of nitrogens with zero attached hydrogens (tertiary/aromatic N) is 3. The minimum atomic E-state index is -3.59. The number of rotatable bonds is 13. The first-order chi connectivity index (χ1) is 20.3. The van der Waals surface area contributed by atoms with E-state index in [-0.39, 0.29) is 25.1 Å². The van der Waals surface area contributed by atoms with Gasteiger partial charge in [-0.1, -0.05) is 54.6 Å². The molecule has 1 aromatic heterocycles. The number of likely N-dealkylation sites (N-methyl/N-ethyl adjacent to an activating group) is 1. The molecule has 226 valence electrons. The third-order valence-electron chi connectivity index (χ3n) is 7.63. The maximum absolute atomic E-state index is 13.2. The Kier molecular flexibility index (Phi) is 11.5. The summed E-state index contributed by atoms with van der Waals surface area (Å²) in [7, 11) is -0.640. The molecule has 4 rings (SSSR count). The normalized spacial score (nSPS) is 15.3. The number of ether oxygens (including phenoxy) is 2. The monoisotopic (exact) mass is 613 g/mol. The lowest BCUT2D eigenvalue weighted by molar-refractivity contribution is -0.142. The summed E-state index contributed by atoms with van der Waals surface area (Å²) >= 11 is 1.64. The Morgan fingerprint density at radius 3 is 2.29 bits per heavy atom. The zero-order chi connectivity index (χ0) is 30.0. The number of carbonyl (C=O) groups is 2. The highest BCUT2D eigenvalue weighted by Crippen LogP contribution is 2.28. The Morgan fingerprint density at radius 2 is 1.67 bits per heavy atom. The largest absolute Gasteiger partial charge is 0.468 e. The number of amides is 1. The predicted octanol–water partition coefficient (Wildman–Crippen LogP) is 4.82. The molecule has 0 aliphatic carbocycles. The molecule has 2 heterocycles. The quantitative estimate of drug-likeness (QED) is 0.255. The Balaban J connectivity index is 1.33. The van der Waals surface area contributed by atoms with Crippen LogP contribution in [0.5, 0.6) is 0 Å². The maximum Gasteiger partial charge on any atom is 0.410 e. The van der Waals surface area contributed by atoms with Gasteiger partial charge in [-0.15, -0.1) is 11.3 Å². The van der Waals surface area contributed by atoms with Crippen LogP contribution in [0.15, 0.2) is 83.1 Å². The first-order valence-electron chi connectivity index (χ1n) is 14.1. The number of benzene rings is 2. The topological polar surface area (TPSA) is 96.5 Å². The van der Waals surface area contributed by atoms with E-state index in [9.17, 15) is 18.0 Å². The lowest BCUT2D eigenvalue weighted by Gasteiger charge is -2.38. The van der Waals surface area contributed by atoms with Crippen molar-refractivity contribution in [1.29, 1.82) is 0 Å². The Morgan fingerprint density at radius 1 is 1.00 bits per heavy atom. The molecule has 0 spiro atoms. The molecule has 2 aromatic carbocycles. The van der Waals surface area contributed by atoms with Gasteiger partial charge >= 0.3 is 12.1 Å². The molecule has 0 unspecified atom stereocenters. The fraction of sp³-hybridized carbons (Fsp3) is 0.419. The maximum atomic E-state index is 13.2. The number of sulfonamides is 1. The van der Waals surface area contributed by atoms with Crippen LogP contribution in [-0.4, -0.2) is 87.5 Å². The van der Waals surface area contributed by atoms with Crippen LogP contribution in [0, 0.1) is 0 Å². The highest BCUT2D eigenvalue weighted by atomic mass is 32.2. The van der Waals surface area contributed by atoms with Gasteiger partial charge in [0.25, 0.3) is 0 Å². The molecule has 3 aromatic rings. The molecule has 1 aliphatic rings. The minimum absolute atomic E-state index is 0.0509. The summed E-state index contributed by atoms with van der Waals surface area (Å²) in [5.74, 6) is -0.433. The van der Waals surface area contributed by atoms with Gasteiger partial charge in [-0.05, 0) is 54.9 Å². The number of methoxy groups -OCH3 is 1. The highest BCUT2D eigenvalue weighted by Gasteiger charge is 2.32.